The van der Waals surface area contributed by atoms with Crippen molar-refractivity contribution in [3.8, 4) is 0 Å². The fraction of sp³-hybridized carbons (Fsp3) is 0.600. The lowest BCUT2D eigenvalue weighted by molar-refractivity contribution is 0.655. The third kappa shape index (κ3) is 3.89. The van der Waals surface area contributed by atoms with Gasteiger partial charge in [-0.3, -0.25) is 0 Å². The predicted molar refractivity (Wildman–Crippen MR) is 59.3 cm³/mol. The second-order valence-electron chi connectivity index (χ2n) is 3.00. The minimum Gasteiger partial charge on any atom is -0.318 e. The molecule has 2 N–H and O–H groups in total. The van der Waals surface area contributed by atoms with Crippen molar-refractivity contribution in [1.82, 2.24) is 10.6 Å². The summed E-state index contributed by atoms with van der Waals surface area (Å²) in [5, 5.41) is 6.50. The molecule has 0 atom stereocenters. The van der Waals surface area contributed by atoms with Gasteiger partial charge in [0.05, 0.1) is 0 Å². The summed E-state index contributed by atoms with van der Waals surface area (Å²) >= 11 is 1.91. The minimum absolute atomic E-state index is 1.01. The van der Waals surface area contributed by atoms with Gasteiger partial charge in [0.1, 0.15) is 0 Å². The van der Waals surface area contributed by atoms with Crippen molar-refractivity contribution in [1.29, 1.82) is 0 Å². The van der Waals surface area contributed by atoms with E-state index in [9.17, 15) is 0 Å². The number of likely N-dealkylation sites (N-methyl/N-ethyl adjacent to an activating group) is 1. The van der Waals surface area contributed by atoms with E-state index in [1.165, 1.54) is 9.75 Å². The van der Waals surface area contributed by atoms with Crippen LogP contribution >= 0.6 is 11.3 Å². The normalized spacial score (nSPS) is 10.6. The molecule has 0 unspecified atom stereocenters. The van der Waals surface area contributed by atoms with E-state index >= 15 is 0 Å². The van der Waals surface area contributed by atoms with E-state index in [0.29, 0.717) is 0 Å². The summed E-state index contributed by atoms with van der Waals surface area (Å²) in [4.78, 5) is 2.92. The first kappa shape index (κ1) is 10.7. The first-order valence-electron chi connectivity index (χ1n) is 4.79. The van der Waals surface area contributed by atoms with Crippen molar-refractivity contribution in [2.45, 2.75) is 19.9 Å². The summed E-state index contributed by atoms with van der Waals surface area (Å²) in [6, 6.07) is 4.44. The smallest absolute Gasteiger partial charge is 0.0300 e. The van der Waals surface area contributed by atoms with Crippen molar-refractivity contribution < 1.29 is 0 Å². The second kappa shape index (κ2) is 6.13. The number of nitrogens with one attached hydrogen (secondary N) is 2. The molecule has 0 fully saturated rings. The largest absolute Gasteiger partial charge is 0.318 e. The van der Waals surface area contributed by atoms with Gasteiger partial charge in [-0.25, -0.2) is 0 Å². The lowest BCUT2D eigenvalue weighted by Gasteiger charge is -2.01. The van der Waals surface area contributed by atoms with Gasteiger partial charge in [-0.15, -0.1) is 11.3 Å². The molecule has 0 aromatic carbocycles. The SMILES string of the molecule is CCc1ccc(CNCCNC)s1. The third-order valence-corrected chi connectivity index (χ3v) is 3.15. The summed E-state index contributed by atoms with van der Waals surface area (Å²) in [7, 11) is 1.97. The van der Waals surface area contributed by atoms with Crippen molar-refractivity contribution in [3.63, 3.8) is 0 Å². The van der Waals surface area contributed by atoms with E-state index < -0.39 is 0 Å². The summed E-state index contributed by atoms with van der Waals surface area (Å²) in [5.74, 6) is 0. The molecule has 1 rings (SSSR count). The Morgan fingerprint density at radius 1 is 1.23 bits per heavy atom. The lowest BCUT2D eigenvalue weighted by atomic mass is 10.3. The van der Waals surface area contributed by atoms with E-state index in [2.05, 4.69) is 29.7 Å². The number of rotatable bonds is 6. The molecule has 13 heavy (non-hydrogen) atoms. The zero-order chi connectivity index (χ0) is 9.52. The van der Waals surface area contributed by atoms with E-state index in [0.717, 1.165) is 26.1 Å². The standard InChI is InChI=1S/C10H18N2S/c1-3-9-4-5-10(13-9)8-12-7-6-11-2/h4-5,11-12H,3,6-8H2,1-2H3. The fourth-order valence-electron chi connectivity index (χ4n) is 1.13. The lowest BCUT2D eigenvalue weighted by Crippen LogP contribution is -2.24. The van der Waals surface area contributed by atoms with Crippen molar-refractivity contribution >= 4 is 11.3 Å². The fourth-order valence-corrected chi connectivity index (χ4v) is 2.06. The van der Waals surface area contributed by atoms with Gasteiger partial charge in [-0.05, 0) is 25.6 Å². The molecule has 3 heteroatoms. The van der Waals surface area contributed by atoms with Crippen molar-refractivity contribution in [3.05, 3.63) is 21.9 Å². The van der Waals surface area contributed by atoms with Crippen LogP contribution < -0.4 is 10.6 Å². The highest BCUT2D eigenvalue weighted by Crippen LogP contribution is 2.16. The van der Waals surface area contributed by atoms with Crippen LogP contribution in [-0.4, -0.2) is 20.1 Å². The molecule has 0 aliphatic carbocycles. The van der Waals surface area contributed by atoms with Crippen LogP contribution in [0.25, 0.3) is 0 Å². The first-order chi connectivity index (χ1) is 6.36. The van der Waals surface area contributed by atoms with Crippen LogP contribution in [0.5, 0.6) is 0 Å². The Labute approximate surface area is 84.4 Å². The molecule has 0 amide bonds. The molecule has 1 heterocycles. The predicted octanol–water partition coefficient (Wildman–Crippen LogP) is 1.62. The van der Waals surface area contributed by atoms with Gasteiger partial charge in [0.2, 0.25) is 0 Å². The Bertz CT molecular complexity index is 233. The Hall–Kier alpha value is -0.380. The maximum absolute atomic E-state index is 3.39. The molecule has 0 spiro atoms. The van der Waals surface area contributed by atoms with Gasteiger partial charge in [-0.2, -0.15) is 0 Å². The molecule has 2 nitrogen and oxygen atoms in total. The average molecular weight is 198 g/mol. The van der Waals surface area contributed by atoms with E-state index in [4.69, 9.17) is 0 Å². The van der Waals surface area contributed by atoms with Gasteiger partial charge in [0.15, 0.2) is 0 Å². The molecule has 0 saturated heterocycles. The van der Waals surface area contributed by atoms with Crippen molar-refractivity contribution in [2.75, 3.05) is 20.1 Å². The summed E-state index contributed by atoms with van der Waals surface area (Å²) in [6.45, 7) is 5.28. The van der Waals surface area contributed by atoms with Crippen LogP contribution in [0.4, 0.5) is 0 Å². The number of aryl methyl sites for hydroxylation is 1. The van der Waals surface area contributed by atoms with Crippen molar-refractivity contribution in [2.24, 2.45) is 0 Å². The highest BCUT2D eigenvalue weighted by atomic mass is 32.1. The Morgan fingerprint density at radius 3 is 2.62 bits per heavy atom. The molecule has 1 aromatic heterocycles. The summed E-state index contributed by atoms with van der Waals surface area (Å²) < 4.78 is 0. The number of hydrogen-bond donors (Lipinski definition) is 2. The zero-order valence-corrected chi connectivity index (χ0v) is 9.21. The maximum atomic E-state index is 3.39. The van der Waals surface area contributed by atoms with Gasteiger partial charge < -0.3 is 10.6 Å². The summed E-state index contributed by atoms with van der Waals surface area (Å²) in [6.07, 6.45) is 1.15. The van der Waals surface area contributed by atoms with Crippen LogP contribution in [0.15, 0.2) is 12.1 Å². The van der Waals surface area contributed by atoms with E-state index in [1.807, 2.05) is 18.4 Å². The maximum Gasteiger partial charge on any atom is 0.0300 e. The molecule has 0 saturated carbocycles. The van der Waals surface area contributed by atoms with E-state index in [1.54, 1.807) is 0 Å². The van der Waals surface area contributed by atoms with Gasteiger partial charge >= 0.3 is 0 Å². The van der Waals surface area contributed by atoms with Crippen LogP contribution in [-0.2, 0) is 13.0 Å². The van der Waals surface area contributed by atoms with Gasteiger partial charge in [0, 0.05) is 29.4 Å². The minimum atomic E-state index is 1.01. The van der Waals surface area contributed by atoms with Crippen LogP contribution in [0.2, 0.25) is 0 Å². The first-order valence-corrected chi connectivity index (χ1v) is 5.61. The monoisotopic (exact) mass is 198 g/mol. The van der Waals surface area contributed by atoms with Crippen LogP contribution in [0, 0.1) is 0 Å². The molecular formula is C10H18N2S. The van der Waals surface area contributed by atoms with Crippen LogP contribution in [0.3, 0.4) is 0 Å². The van der Waals surface area contributed by atoms with E-state index in [-0.39, 0.29) is 0 Å². The Balaban J connectivity index is 2.20. The average Bonchev–Trinajstić information content (AvgIpc) is 2.60. The highest BCUT2D eigenvalue weighted by Gasteiger charge is 1.96. The molecule has 1 aromatic rings. The highest BCUT2D eigenvalue weighted by molar-refractivity contribution is 7.11. The summed E-state index contributed by atoms with van der Waals surface area (Å²) in [5.41, 5.74) is 0. The third-order valence-electron chi connectivity index (χ3n) is 1.92. The van der Waals surface area contributed by atoms with Gasteiger partial charge in [-0.1, -0.05) is 6.92 Å². The zero-order valence-electron chi connectivity index (χ0n) is 8.39. The second-order valence-corrected chi connectivity index (χ2v) is 4.25. The topological polar surface area (TPSA) is 24.1 Å². The Morgan fingerprint density at radius 2 is 2.00 bits per heavy atom. The molecule has 74 valence electrons. The number of hydrogen-bond acceptors (Lipinski definition) is 3. The van der Waals surface area contributed by atoms with Crippen LogP contribution in [0.1, 0.15) is 16.7 Å². The Kier molecular flexibility index (Phi) is 5.05. The molecule has 0 bridgehead atoms. The van der Waals surface area contributed by atoms with Gasteiger partial charge in [0.25, 0.3) is 0 Å². The molecule has 0 aliphatic heterocycles. The molecular weight excluding hydrogens is 180 g/mol. The quantitative estimate of drug-likeness (QED) is 0.679. The molecule has 0 aliphatic rings. The number of thiophene rings is 1. The molecule has 0 radical (unpaired) electrons.